The van der Waals surface area contributed by atoms with Crippen LogP contribution in [-0.4, -0.2) is 25.1 Å². The average molecular weight is 240 g/mol. The molecule has 2 rings (SSSR count). The minimum Gasteiger partial charge on any atom is -0.380 e. The van der Waals surface area contributed by atoms with Crippen LogP contribution in [0.25, 0.3) is 0 Å². The second kappa shape index (κ2) is 5.17. The monoisotopic (exact) mass is 239 g/mol. The highest BCUT2D eigenvalue weighted by atomic mass is 35.5. The van der Waals surface area contributed by atoms with Crippen molar-refractivity contribution >= 4 is 11.6 Å². The molecule has 0 heterocycles. The number of methoxy groups -OCH3 is 1. The molecular formula is C13H18ClNO. The highest BCUT2D eigenvalue weighted by Crippen LogP contribution is 2.34. The second-order valence-electron chi connectivity index (χ2n) is 4.35. The molecule has 2 nitrogen and oxygen atoms in total. The predicted molar refractivity (Wildman–Crippen MR) is 67.0 cm³/mol. The van der Waals surface area contributed by atoms with Crippen molar-refractivity contribution in [2.24, 2.45) is 0 Å². The number of nitrogens with one attached hydrogen (secondary N) is 1. The quantitative estimate of drug-likeness (QED) is 0.816. The zero-order valence-electron chi connectivity index (χ0n) is 9.74. The van der Waals surface area contributed by atoms with Gasteiger partial charge in [-0.2, -0.15) is 0 Å². The van der Waals surface area contributed by atoms with Gasteiger partial charge in [0, 0.05) is 19.7 Å². The lowest BCUT2D eigenvalue weighted by atomic mass is 10.1. The first kappa shape index (κ1) is 11.9. The maximum atomic E-state index is 6.37. The summed E-state index contributed by atoms with van der Waals surface area (Å²) in [5, 5.41) is 3.64. The molecule has 1 aliphatic carbocycles. The van der Waals surface area contributed by atoms with Crippen LogP contribution in [0.4, 0.5) is 0 Å². The highest BCUT2D eigenvalue weighted by Gasteiger charge is 2.30. The van der Waals surface area contributed by atoms with Crippen LogP contribution in [-0.2, 0) is 11.2 Å². The summed E-state index contributed by atoms with van der Waals surface area (Å²) in [7, 11) is 1.73. The van der Waals surface area contributed by atoms with Crippen LogP contribution in [0.2, 0.25) is 0 Å². The third kappa shape index (κ3) is 2.40. The van der Waals surface area contributed by atoms with E-state index in [2.05, 4.69) is 36.5 Å². The average Bonchev–Trinajstić information content (AvgIpc) is 2.62. The number of ether oxygens (including phenoxy) is 1. The maximum Gasteiger partial charge on any atom is 0.0667 e. The molecule has 3 heteroatoms. The van der Waals surface area contributed by atoms with Crippen LogP contribution in [0.15, 0.2) is 24.3 Å². The molecule has 0 fully saturated rings. The Morgan fingerprint density at radius 2 is 2.25 bits per heavy atom. The molecule has 0 aliphatic heterocycles. The molecule has 0 aromatic heterocycles. The van der Waals surface area contributed by atoms with E-state index in [9.17, 15) is 0 Å². The van der Waals surface area contributed by atoms with E-state index in [0.29, 0.717) is 0 Å². The lowest BCUT2D eigenvalue weighted by Crippen LogP contribution is -2.32. The maximum absolute atomic E-state index is 6.37. The summed E-state index contributed by atoms with van der Waals surface area (Å²) < 4.78 is 5.23. The van der Waals surface area contributed by atoms with Crippen molar-refractivity contribution in [2.45, 2.75) is 30.9 Å². The third-order valence-electron chi connectivity index (χ3n) is 3.19. The molecule has 16 heavy (non-hydrogen) atoms. The van der Waals surface area contributed by atoms with Gasteiger partial charge in [0.05, 0.1) is 11.5 Å². The van der Waals surface area contributed by atoms with Crippen molar-refractivity contribution in [2.75, 3.05) is 13.7 Å². The van der Waals surface area contributed by atoms with Gasteiger partial charge in [-0.3, -0.25) is 0 Å². The fourth-order valence-electron chi connectivity index (χ4n) is 2.16. The summed E-state index contributed by atoms with van der Waals surface area (Å²) in [6, 6.07) is 8.72. The van der Waals surface area contributed by atoms with Crippen molar-refractivity contribution in [1.82, 2.24) is 5.32 Å². The Balaban J connectivity index is 2.04. The van der Waals surface area contributed by atoms with Gasteiger partial charge in [-0.05, 0) is 24.5 Å². The minimum absolute atomic E-state index is 0.154. The Morgan fingerprint density at radius 3 is 3.00 bits per heavy atom. The Morgan fingerprint density at radius 1 is 1.50 bits per heavy atom. The predicted octanol–water partition coefficient (Wildman–Crippen LogP) is 2.52. The highest BCUT2D eigenvalue weighted by molar-refractivity contribution is 6.21. The molecule has 0 bridgehead atoms. The first-order chi connectivity index (χ1) is 7.72. The van der Waals surface area contributed by atoms with Crippen molar-refractivity contribution < 1.29 is 4.74 Å². The third-order valence-corrected chi connectivity index (χ3v) is 3.60. The molecule has 1 N–H and O–H groups in total. The Bertz CT molecular complexity index is 356. The van der Waals surface area contributed by atoms with Gasteiger partial charge in [-0.15, -0.1) is 11.6 Å². The number of fused-ring (bicyclic) bond motifs is 1. The molecular weight excluding hydrogens is 222 g/mol. The summed E-state index contributed by atoms with van der Waals surface area (Å²) in [4.78, 5) is 0. The lowest BCUT2D eigenvalue weighted by Gasteiger charge is -2.19. The van der Waals surface area contributed by atoms with Crippen molar-refractivity contribution in [3.63, 3.8) is 0 Å². The largest absolute Gasteiger partial charge is 0.380 e. The van der Waals surface area contributed by atoms with E-state index < -0.39 is 0 Å². The van der Waals surface area contributed by atoms with Gasteiger partial charge in [-0.25, -0.2) is 0 Å². The number of alkyl halides is 1. The van der Waals surface area contributed by atoms with Crippen molar-refractivity contribution in [3.05, 3.63) is 35.4 Å². The molecule has 1 aromatic carbocycles. The standard InChI is InChI=1S/C13H18ClNO/c1-9(16-2)8-15-13-11-6-4-3-5-10(11)7-12(13)14/h3-6,9,12-13,15H,7-8H2,1-2H3. The summed E-state index contributed by atoms with van der Waals surface area (Å²) in [6.45, 7) is 2.88. The van der Waals surface area contributed by atoms with Crippen LogP contribution in [0.5, 0.6) is 0 Å². The number of hydrogen-bond acceptors (Lipinski definition) is 2. The molecule has 3 atom stereocenters. The number of hydrogen-bond donors (Lipinski definition) is 1. The topological polar surface area (TPSA) is 21.3 Å². The van der Waals surface area contributed by atoms with Crippen LogP contribution < -0.4 is 5.32 Å². The van der Waals surface area contributed by atoms with E-state index in [1.165, 1.54) is 11.1 Å². The van der Waals surface area contributed by atoms with E-state index in [4.69, 9.17) is 16.3 Å². The SMILES string of the molecule is COC(C)CNC1c2ccccc2CC1Cl. The lowest BCUT2D eigenvalue weighted by molar-refractivity contribution is 0.114. The Kier molecular flexibility index (Phi) is 3.85. The van der Waals surface area contributed by atoms with Crippen LogP contribution >= 0.6 is 11.6 Å². The van der Waals surface area contributed by atoms with Gasteiger partial charge in [0.1, 0.15) is 0 Å². The van der Waals surface area contributed by atoms with Crippen LogP contribution in [0.1, 0.15) is 24.1 Å². The van der Waals surface area contributed by atoms with Gasteiger partial charge in [0.25, 0.3) is 0 Å². The number of halogens is 1. The Labute approximate surface area is 102 Å². The first-order valence-corrected chi connectivity index (χ1v) is 6.14. The van der Waals surface area contributed by atoms with Gasteiger partial charge >= 0.3 is 0 Å². The Hall–Kier alpha value is -0.570. The molecule has 0 amide bonds. The van der Waals surface area contributed by atoms with Crippen LogP contribution in [0, 0.1) is 0 Å². The summed E-state index contributed by atoms with van der Waals surface area (Å²) in [5.74, 6) is 0. The fraction of sp³-hybridized carbons (Fsp3) is 0.538. The summed E-state index contributed by atoms with van der Waals surface area (Å²) >= 11 is 6.37. The van der Waals surface area contributed by atoms with Gasteiger partial charge in [0.2, 0.25) is 0 Å². The molecule has 1 aliphatic rings. The van der Waals surface area contributed by atoms with Gasteiger partial charge < -0.3 is 10.1 Å². The van der Waals surface area contributed by atoms with Gasteiger partial charge in [0.15, 0.2) is 0 Å². The molecule has 0 radical (unpaired) electrons. The summed E-state index contributed by atoms with van der Waals surface area (Å²) in [6.07, 6.45) is 1.17. The van der Waals surface area contributed by atoms with E-state index in [-0.39, 0.29) is 17.5 Å². The molecule has 0 spiro atoms. The molecule has 0 saturated heterocycles. The van der Waals surface area contributed by atoms with Gasteiger partial charge in [-0.1, -0.05) is 24.3 Å². The molecule has 3 unspecified atom stereocenters. The molecule has 0 saturated carbocycles. The first-order valence-electron chi connectivity index (χ1n) is 5.70. The summed E-state index contributed by atoms with van der Waals surface area (Å²) in [5.41, 5.74) is 2.70. The zero-order valence-corrected chi connectivity index (χ0v) is 10.5. The minimum atomic E-state index is 0.154. The smallest absolute Gasteiger partial charge is 0.0667 e. The van der Waals surface area contributed by atoms with E-state index >= 15 is 0 Å². The zero-order chi connectivity index (χ0) is 11.5. The second-order valence-corrected chi connectivity index (χ2v) is 4.91. The normalized spacial score (nSPS) is 25.4. The van der Waals surface area contributed by atoms with E-state index in [0.717, 1.165) is 13.0 Å². The van der Waals surface area contributed by atoms with Crippen LogP contribution in [0.3, 0.4) is 0 Å². The fourth-order valence-corrected chi connectivity index (χ4v) is 2.55. The number of rotatable bonds is 4. The molecule has 1 aromatic rings. The van der Waals surface area contributed by atoms with E-state index in [1.807, 2.05) is 0 Å². The van der Waals surface area contributed by atoms with Crippen molar-refractivity contribution in [1.29, 1.82) is 0 Å². The van der Waals surface area contributed by atoms with Crippen molar-refractivity contribution in [3.8, 4) is 0 Å². The number of benzene rings is 1. The van der Waals surface area contributed by atoms with E-state index in [1.54, 1.807) is 7.11 Å². The molecule has 88 valence electrons.